The lowest BCUT2D eigenvalue weighted by Crippen LogP contribution is -2.66. The number of amides is 10. The molecule has 0 aliphatic carbocycles. The average molecular weight is 1090 g/mol. The molecule has 23 N–H and O–H groups in total. The van der Waals surface area contributed by atoms with E-state index in [1.54, 1.807) is 44.2 Å². The minimum atomic E-state index is -2.16. The number of carbonyl (C=O) groups is 11. The summed E-state index contributed by atoms with van der Waals surface area (Å²) in [7, 11) is 0. The Labute approximate surface area is 446 Å². The second-order valence-corrected chi connectivity index (χ2v) is 19.1. The van der Waals surface area contributed by atoms with Gasteiger partial charge in [-0.05, 0) is 103 Å². The number of carbonyl (C=O) groups excluding carboxylic acids is 10. The van der Waals surface area contributed by atoms with Gasteiger partial charge in [-0.15, -0.1) is 0 Å². The van der Waals surface area contributed by atoms with Crippen LogP contribution in [-0.4, -0.2) is 191 Å². The summed E-state index contributed by atoms with van der Waals surface area (Å²) in [5, 5.41) is 50.6. The van der Waals surface area contributed by atoms with Gasteiger partial charge in [-0.25, -0.2) is 0 Å². The summed E-state index contributed by atoms with van der Waals surface area (Å²) in [5.74, 6) is -12.8. The Morgan fingerprint density at radius 1 is 0.597 bits per heavy atom. The molecule has 0 unspecified atom stereocenters. The van der Waals surface area contributed by atoms with Gasteiger partial charge in [0.05, 0.1) is 18.2 Å². The molecule has 1 aromatic rings. The molecule has 0 saturated carbocycles. The number of hydrogen-bond donors (Lipinski definition) is 17. The van der Waals surface area contributed by atoms with Gasteiger partial charge in [0.2, 0.25) is 47.3 Å². The van der Waals surface area contributed by atoms with Gasteiger partial charge in [-0.2, -0.15) is 0 Å². The van der Waals surface area contributed by atoms with Crippen LogP contribution < -0.4 is 76.9 Å². The van der Waals surface area contributed by atoms with Crippen LogP contribution >= 0.6 is 0 Å². The topological polar surface area (TPSA) is 504 Å². The predicted octanol–water partition coefficient (Wildman–Crippen LogP) is -7.41. The molecule has 12 atom stereocenters. The van der Waals surface area contributed by atoms with E-state index in [1.807, 2.05) is 0 Å². The van der Waals surface area contributed by atoms with Crippen molar-refractivity contribution in [3.05, 3.63) is 35.9 Å². The number of nitrogens with one attached hydrogen (secondary N) is 8. The standard InChI is InChI=1S/C48H81N15O14/c1-24(2)22-33-43(72)56-29(12-17-49)40(69)55-31(14-19-51)42(71)62-38(26(4)65)48(77)63(47(76)32(15-20-52)58-46(75)37(25(3)64)61-39(68)28(54)10-11-36(66)67)35(16-21-53)45(74)57-30(13-18-50)41(70)60-34(44(73)59-33)23-27-8-6-5-7-9-27/h5-9,24-26,28-35,37-38,64-65H,10-23,49-54H2,1-4H3,(H,55,69)(H,56,72)(H,57,74)(H,58,75)(H,59,73)(H,60,70)(H,61,68)(H,62,71)(H,66,67)/t25-,26-,28+,29+,30+,31+,32+,33+,34-,35+,37+,38+/m1/s1. The van der Waals surface area contributed by atoms with Crippen LogP contribution in [0.2, 0.25) is 0 Å². The predicted molar refractivity (Wildman–Crippen MR) is 277 cm³/mol. The lowest BCUT2D eigenvalue weighted by atomic mass is 10.00. The third-order valence-electron chi connectivity index (χ3n) is 12.2. The largest absolute Gasteiger partial charge is 0.481 e. The minimum Gasteiger partial charge on any atom is -0.481 e. The fourth-order valence-electron chi connectivity index (χ4n) is 8.10. The Bertz CT molecular complexity index is 2170. The molecule has 2 rings (SSSR count). The Hall–Kier alpha value is -6.73. The molecule has 432 valence electrons. The summed E-state index contributed by atoms with van der Waals surface area (Å²) < 4.78 is 0. The smallest absolute Gasteiger partial charge is 0.303 e. The van der Waals surface area contributed by atoms with Gasteiger partial charge in [0.1, 0.15) is 54.4 Å². The van der Waals surface area contributed by atoms with Gasteiger partial charge in [-0.1, -0.05) is 44.2 Å². The molecule has 0 bridgehead atoms. The molecule has 1 fully saturated rings. The number of aliphatic hydroxyl groups is 2. The normalized spacial score (nSPS) is 23.5. The fourth-order valence-corrected chi connectivity index (χ4v) is 8.10. The van der Waals surface area contributed by atoms with Crippen molar-refractivity contribution in [2.75, 3.05) is 32.7 Å². The maximum absolute atomic E-state index is 15.1. The Kier molecular flexibility index (Phi) is 28.8. The first kappa shape index (κ1) is 66.4. The number of aliphatic carboxylic acids is 1. The van der Waals surface area contributed by atoms with Crippen LogP contribution in [0.1, 0.15) is 84.6 Å². The summed E-state index contributed by atoms with van der Waals surface area (Å²) in [5.41, 5.74) is 36.0. The van der Waals surface area contributed by atoms with E-state index < -0.39 is 170 Å². The number of nitrogens with two attached hydrogens (primary N) is 6. The van der Waals surface area contributed by atoms with E-state index >= 15 is 9.59 Å². The van der Waals surface area contributed by atoms with Gasteiger partial charge in [0.25, 0.3) is 11.8 Å². The summed E-state index contributed by atoms with van der Waals surface area (Å²) >= 11 is 0. The molecule has 1 aromatic carbocycles. The first-order valence-electron chi connectivity index (χ1n) is 25.5. The lowest BCUT2D eigenvalue weighted by molar-refractivity contribution is -0.158. The molecule has 0 radical (unpaired) electrons. The SMILES string of the molecule is CC(C)C[C@@H]1NC(=O)[C@@H](Cc2ccccc2)NC(=O)[C@H](CCN)NC(=O)[C@H](CCN)N(C(=O)[C@H](CCN)NC(=O)[C@@H](NC(=O)[C@@H](N)CCC(=O)O)[C@@H](C)O)C(=O)[C@H]([C@@H](C)O)NC(=O)[C@H](CCN)NC(=O)[C@H](CCN)NC1=O. The molecule has 0 spiro atoms. The third-order valence-corrected chi connectivity index (χ3v) is 12.2. The monoisotopic (exact) mass is 1090 g/mol. The van der Waals surface area contributed by atoms with Crippen LogP contribution in [0.4, 0.5) is 0 Å². The van der Waals surface area contributed by atoms with Crippen molar-refractivity contribution in [2.45, 2.75) is 158 Å². The minimum absolute atomic E-state index is 0.0372. The molecule has 1 saturated heterocycles. The molecule has 10 amide bonds. The molecule has 0 aromatic heterocycles. The maximum atomic E-state index is 15.1. The Balaban J connectivity index is 2.98. The van der Waals surface area contributed by atoms with Gasteiger partial charge in [0.15, 0.2) is 0 Å². The number of carboxylic acids is 1. The van der Waals surface area contributed by atoms with Crippen molar-refractivity contribution in [1.82, 2.24) is 47.4 Å². The second kappa shape index (κ2) is 33.4. The van der Waals surface area contributed by atoms with E-state index in [-0.39, 0.29) is 64.1 Å². The van der Waals surface area contributed by atoms with Gasteiger partial charge < -0.3 is 92.3 Å². The zero-order valence-electron chi connectivity index (χ0n) is 44.0. The van der Waals surface area contributed by atoms with E-state index in [2.05, 4.69) is 42.5 Å². The van der Waals surface area contributed by atoms with Crippen molar-refractivity contribution < 1.29 is 68.1 Å². The third kappa shape index (κ3) is 21.3. The van der Waals surface area contributed by atoms with E-state index in [4.69, 9.17) is 39.5 Å². The summed E-state index contributed by atoms with van der Waals surface area (Å²) in [6, 6.07) is -8.44. The van der Waals surface area contributed by atoms with E-state index in [1.165, 1.54) is 0 Å². The highest BCUT2D eigenvalue weighted by Gasteiger charge is 2.45. The highest BCUT2D eigenvalue weighted by molar-refractivity contribution is 6.07. The van der Waals surface area contributed by atoms with Gasteiger partial charge >= 0.3 is 5.97 Å². The zero-order chi connectivity index (χ0) is 58.1. The number of imide groups is 1. The van der Waals surface area contributed by atoms with Crippen LogP contribution in [0.5, 0.6) is 0 Å². The summed E-state index contributed by atoms with van der Waals surface area (Å²) in [4.78, 5) is 154. The molecule has 29 heteroatoms. The zero-order valence-corrected chi connectivity index (χ0v) is 44.0. The van der Waals surface area contributed by atoms with Crippen molar-refractivity contribution >= 4 is 65.0 Å². The number of nitrogens with zero attached hydrogens (tertiary/aromatic N) is 1. The number of aliphatic hydroxyl groups excluding tert-OH is 2. The number of benzene rings is 1. The summed E-state index contributed by atoms with van der Waals surface area (Å²) in [6.07, 6.45) is -6.53. The Morgan fingerprint density at radius 2 is 1.06 bits per heavy atom. The van der Waals surface area contributed by atoms with Crippen molar-refractivity contribution in [2.24, 2.45) is 40.3 Å². The van der Waals surface area contributed by atoms with E-state index in [0.29, 0.717) is 10.5 Å². The van der Waals surface area contributed by atoms with Crippen LogP contribution in [0.25, 0.3) is 0 Å². The van der Waals surface area contributed by atoms with Gasteiger partial charge in [0, 0.05) is 12.8 Å². The number of hydrogen-bond acceptors (Lipinski definition) is 19. The van der Waals surface area contributed by atoms with E-state index in [0.717, 1.165) is 13.8 Å². The maximum Gasteiger partial charge on any atom is 0.303 e. The van der Waals surface area contributed by atoms with Crippen molar-refractivity contribution in [3.63, 3.8) is 0 Å². The van der Waals surface area contributed by atoms with Crippen LogP contribution in [0.3, 0.4) is 0 Å². The lowest BCUT2D eigenvalue weighted by Gasteiger charge is -2.36. The fraction of sp³-hybridized carbons (Fsp3) is 0.646. The molecular formula is C48H81N15O14. The van der Waals surface area contributed by atoms with Crippen molar-refractivity contribution in [3.8, 4) is 0 Å². The first-order valence-corrected chi connectivity index (χ1v) is 25.5. The quantitative estimate of drug-likeness (QED) is 0.0457. The second-order valence-electron chi connectivity index (χ2n) is 19.1. The Morgan fingerprint density at radius 3 is 1.53 bits per heavy atom. The van der Waals surface area contributed by atoms with Gasteiger partial charge in [-0.3, -0.25) is 57.6 Å². The molecule has 1 aliphatic rings. The van der Waals surface area contributed by atoms with Crippen LogP contribution in [0.15, 0.2) is 30.3 Å². The summed E-state index contributed by atoms with van der Waals surface area (Å²) in [6.45, 7) is 4.14. The van der Waals surface area contributed by atoms with Crippen LogP contribution in [-0.2, 0) is 59.2 Å². The molecular weight excluding hydrogens is 1010 g/mol. The van der Waals surface area contributed by atoms with Crippen molar-refractivity contribution in [1.29, 1.82) is 0 Å². The highest BCUT2D eigenvalue weighted by atomic mass is 16.4. The highest BCUT2D eigenvalue weighted by Crippen LogP contribution is 2.17. The molecule has 29 nitrogen and oxygen atoms in total. The average Bonchev–Trinajstić information content (AvgIpc) is 3.36. The molecule has 1 heterocycles. The van der Waals surface area contributed by atoms with Crippen LogP contribution in [0, 0.1) is 5.92 Å². The van der Waals surface area contributed by atoms with E-state index in [9.17, 15) is 53.4 Å². The molecule has 1 aliphatic heterocycles. The molecule has 77 heavy (non-hydrogen) atoms. The number of carboxylic acid groups (broad SMARTS) is 1. The first-order chi connectivity index (χ1) is 36.3. The number of rotatable bonds is 24.